The Labute approximate surface area is 218 Å². The van der Waals surface area contributed by atoms with Crippen molar-refractivity contribution < 1.29 is 14.3 Å². The van der Waals surface area contributed by atoms with Gasteiger partial charge in [0.15, 0.2) is 5.82 Å². The van der Waals surface area contributed by atoms with Crippen molar-refractivity contribution in [2.45, 2.75) is 26.1 Å². The molecule has 1 fully saturated rings. The van der Waals surface area contributed by atoms with E-state index in [0.29, 0.717) is 47.0 Å². The number of aromatic nitrogens is 2. The van der Waals surface area contributed by atoms with E-state index in [9.17, 15) is 4.79 Å². The molecular formula is C25H36ClN7O3. The number of rotatable bonds is 10. The lowest BCUT2D eigenvalue weighted by atomic mass is 10.2. The number of benzene rings is 1. The monoisotopic (exact) mass is 517 g/mol. The van der Waals surface area contributed by atoms with Crippen LogP contribution in [0.1, 0.15) is 13.8 Å². The van der Waals surface area contributed by atoms with Gasteiger partial charge < -0.3 is 34.8 Å². The van der Waals surface area contributed by atoms with E-state index in [1.807, 2.05) is 41.1 Å². The average Bonchev–Trinajstić information content (AvgIpc) is 2.83. The molecule has 196 valence electrons. The summed E-state index contributed by atoms with van der Waals surface area (Å²) in [7, 11) is 7.59. The van der Waals surface area contributed by atoms with Crippen molar-refractivity contribution in [3.8, 4) is 5.75 Å². The molecule has 11 heteroatoms. The van der Waals surface area contributed by atoms with E-state index in [2.05, 4.69) is 41.9 Å². The first-order valence-electron chi connectivity index (χ1n) is 11.8. The molecular weight excluding hydrogens is 482 g/mol. The van der Waals surface area contributed by atoms with Crippen LogP contribution in [0.25, 0.3) is 0 Å². The summed E-state index contributed by atoms with van der Waals surface area (Å²) in [6, 6.07) is 3.68. The number of hydrogen-bond donors (Lipinski definition) is 2. The van der Waals surface area contributed by atoms with Gasteiger partial charge in [0.05, 0.1) is 42.6 Å². The van der Waals surface area contributed by atoms with Gasteiger partial charge in [-0.15, -0.1) is 0 Å². The maximum Gasteiger partial charge on any atom is 0.247 e. The number of morpholine rings is 1. The number of nitrogens with zero attached hydrogens (tertiary/aromatic N) is 5. The Morgan fingerprint density at radius 3 is 2.56 bits per heavy atom. The van der Waals surface area contributed by atoms with Crippen molar-refractivity contribution in [2.24, 2.45) is 0 Å². The van der Waals surface area contributed by atoms with Crippen LogP contribution in [0, 0.1) is 0 Å². The topological polar surface area (TPSA) is 95.1 Å². The molecule has 0 aliphatic carbocycles. The highest BCUT2D eigenvalue weighted by Gasteiger charge is 2.25. The SMILES string of the molecule is C=CC(=O)Nc1cc(Nc2ncc(Cl)c(N3CC(C)OC(C)C3)n2)c(OC)cc1N(C)CCN(C)C. The number of hydrogen-bond acceptors (Lipinski definition) is 9. The fourth-order valence-corrected chi connectivity index (χ4v) is 4.23. The third-order valence-corrected chi connectivity index (χ3v) is 6.01. The van der Waals surface area contributed by atoms with Gasteiger partial charge in [0.2, 0.25) is 11.9 Å². The van der Waals surface area contributed by atoms with Crippen LogP contribution in [-0.2, 0) is 9.53 Å². The number of likely N-dealkylation sites (N-methyl/N-ethyl adjacent to an activating group) is 2. The molecule has 36 heavy (non-hydrogen) atoms. The highest BCUT2D eigenvalue weighted by molar-refractivity contribution is 6.32. The lowest BCUT2D eigenvalue weighted by molar-refractivity contribution is -0.111. The molecule has 1 saturated heterocycles. The number of ether oxygens (including phenoxy) is 2. The number of amides is 1. The molecule has 2 heterocycles. The summed E-state index contributed by atoms with van der Waals surface area (Å²) in [5, 5.41) is 6.59. The van der Waals surface area contributed by atoms with Gasteiger partial charge >= 0.3 is 0 Å². The molecule has 1 amide bonds. The van der Waals surface area contributed by atoms with Gasteiger partial charge in [-0.1, -0.05) is 18.2 Å². The average molecular weight is 518 g/mol. The summed E-state index contributed by atoms with van der Waals surface area (Å²) in [5.41, 5.74) is 2.01. The molecule has 1 aromatic heterocycles. The van der Waals surface area contributed by atoms with Crippen molar-refractivity contribution in [1.29, 1.82) is 0 Å². The highest BCUT2D eigenvalue weighted by Crippen LogP contribution is 2.38. The smallest absolute Gasteiger partial charge is 0.247 e. The Morgan fingerprint density at radius 2 is 1.94 bits per heavy atom. The van der Waals surface area contributed by atoms with Crippen molar-refractivity contribution in [1.82, 2.24) is 14.9 Å². The Balaban J connectivity index is 1.95. The van der Waals surface area contributed by atoms with Crippen LogP contribution in [0.4, 0.5) is 28.8 Å². The fraction of sp³-hybridized carbons (Fsp3) is 0.480. The van der Waals surface area contributed by atoms with E-state index < -0.39 is 0 Å². The minimum absolute atomic E-state index is 0.0596. The molecule has 1 aliphatic rings. The fourth-order valence-electron chi connectivity index (χ4n) is 4.02. The summed E-state index contributed by atoms with van der Waals surface area (Å²) in [5.74, 6) is 1.26. The molecule has 1 aromatic carbocycles. The van der Waals surface area contributed by atoms with Gasteiger partial charge in [0.1, 0.15) is 10.8 Å². The Kier molecular flexibility index (Phi) is 9.36. The van der Waals surface area contributed by atoms with Gasteiger partial charge in [0.25, 0.3) is 0 Å². The van der Waals surface area contributed by atoms with Crippen LogP contribution in [0.3, 0.4) is 0 Å². The largest absolute Gasteiger partial charge is 0.494 e. The molecule has 0 saturated carbocycles. The van der Waals surface area contributed by atoms with Crippen molar-refractivity contribution in [3.05, 3.63) is 36.0 Å². The van der Waals surface area contributed by atoms with Crippen molar-refractivity contribution >= 4 is 46.3 Å². The maximum atomic E-state index is 12.2. The van der Waals surface area contributed by atoms with Crippen LogP contribution >= 0.6 is 11.6 Å². The lowest BCUT2D eigenvalue weighted by Crippen LogP contribution is -2.46. The quantitative estimate of drug-likeness (QED) is 0.458. The number of carbonyl (C=O) groups excluding carboxylic acids is 1. The van der Waals surface area contributed by atoms with Crippen LogP contribution in [0.5, 0.6) is 5.75 Å². The maximum absolute atomic E-state index is 12.2. The third-order valence-electron chi connectivity index (χ3n) is 5.75. The van der Waals surface area contributed by atoms with Gasteiger partial charge in [0, 0.05) is 39.3 Å². The predicted molar refractivity (Wildman–Crippen MR) is 146 cm³/mol. The van der Waals surface area contributed by atoms with Gasteiger partial charge in [-0.25, -0.2) is 4.98 Å². The molecule has 3 rings (SSSR count). The summed E-state index contributed by atoms with van der Waals surface area (Å²) < 4.78 is 11.5. The van der Waals surface area contributed by atoms with E-state index in [-0.39, 0.29) is 18.1 Å². The van der Waals surface area contributed by atoms with E-state index in [1.165, 1.54) is 6.08 Å². The summed E-state index contributed by atoms with van der Waals surface area (Å²) in [4.78, 5) is 27.5. The molecule has 1 aliphatic heterocycles. The zero-order chi connectivity index (χ0) is 26.4. The standard InChI is InChI=1S/C25H36ClN7O3/c1-8-23(34)28-19-11-20(22(35-7)12-21(19)32(6)10-9-31(4)5)29-25-27-13-18(26)24(30-25)33-14-16(2)36-17(3)15-33/h8,11-13,16-17H,1,9-10,14-15H2,2-7H3,(H,28,34)(H,27,29,30). The lowest BCUT2D eigenvalue weighted by Gasteiger charge is -2.36. The van der Waals surface area contributed by atoms with E-state index >= 15 is 0 Å². The molecule has 2 unspecified atom stereocenters. The molecule has 0 bridgehead atoms. The van der Waals surface area contributed by atoms with Crippen LogP contribution in [0.15, 0.2) is 31.0 Å². The third kappa shape index (κ3) is 6.99. The Hall–Kier alpha value is -3.08. The highest BCUT2D eigenvalue weighted by atomic mass is 35.5. The first kappa shape index (κ1) is 27.5. The molecule has 2 aromatic rings. The summed E-state index contributed by atoms with van der Waals surface area (Å²) >= 11 is 6.47. The minimum Gasteiger partial charge on any atom is -0.494 e. The first-order valence-corrected chi connectivity index (χ1v) is 12.2. The van der Waals surface area contributed by atoms with Gasteiger partial charge in [-0.2, -0.15) is 4.98 Å². The Bertz CT molecular complexity index is 1070. The second-order valence-corrected chi connectivity index (χ2v) is 9.55. The summed E-state index contributed by atoms with van der Waals surface area (Å²) in [6.07, 6.45) is 2.93. The molecule has 10 nitrogen and oxygen atoms in total. The Morgan fingerprint density at radius 1 is 1.25 bits per heavy atom. The molecule has 2 N–H and O–H groups in total. The van der Waals surface area contributed by atoms with Crippen LogP contribution in [-0.4, -0.2) is 87.4 Å². The zero-order valence-electron chi connectivity index (χ0n) is 21.8. The van der Waals surface area contributed by atoms with Gasteiger partial charge in [-0.05, 0) is 40.1 Å². The van der Waals surface area contributed by atoms with Gasteiger partial charge in [-0.3, -0.25) is 4.79 Å². The van der Waals surface area contributed by atoms with E-state index in [4.69, 9.17) is 21.1 Å². The first-order chi connectivity index (χ1) is 17.1. The van der Waals surface area contributed by atoms with Crippen LogP contribution in [0.2, 0.25) is 5.02 Å². The molecule has 2 atom stereocenters. The normalized spacial score (nSPS) is 17.6. The van der Waals surface area contributed by atoms with E-state index in [0.717, 1.165) is 18.8 Å². The molecule has 0 spiro atoms. The predicted octanol–water partition coefficient (Wildman–Crippen LogP) is 3.62. The number of carbonyl (C=O) groups is 1. The zero-order valence-corrected chi connectivity index (χ0v) is 22.6. The minimum atomic E-state index is -0.311. The molecule has 0 radical (unpaired) electrons. The van der Waals surface area contributed by atoms with Crippen molar-refractivity contribution in [2.75, 3.05) is 74.9 Å². The second kappa shape index (κ2) is 12.2. The number of nitrogens with one attached hydrogen (secondary N) is 2. The summed E-state index contributed by atoms with van der Waals surface area (Å²) in [6.45, 7) is 10.6. The van der Waals surface area contributed by atoms with Crippen LogP contribution < -0.4 is 25.2 Å². The number of anilines is 5. The second-order valence-electron chi connectivity index (χ2n) is 9.14. The van der Waals surface area contributed by atoms with E-state index in [1.54, 1.807) is 19.4 Å². The number of halogens is 1. The number of methoxy groups -OCH3 is 1. The van der Waals surface area contributed by atoms with Crippen molar-refractivity contribution in [3.63, 3.8) is 0 Å².